The Morgan fingerprint density at radius 2 is 1.92 bits per heavy atom. The molecule has 0 spiro atoms. The lowest BCUT2D eigenvalue weighted by Crippen LogP contribution is -2.41. The number of halogens is 1. The highest BCUT2D eigenvalue weighted by molar-refractivity contribution is 5.89. The van der Waals surface area contributed by atoms with Crippen LogP contribution in [0.2, 0.25) is 0 Å². The van der Waals surface area contributed by atoms with E-state index in [9.17, 15) is 9.59 Å². The van der Waals surface area contributed by atoms with Crippen LogP contribution in [0.5, 0.6) is 0 Å². The van der Waals surface area contributed by atoms with Crippen LogP contribution in [0.4, 0.5) is 0 Å². The molecule has 0 fully saturated rings. The van der Waals surface area contributed by atoms with Gasteiger partial charge in [-0.05, 0) is 24.6 Å². The average molecular weight is 350 g/mol. The standard InChI is InChI=1S/C17H19N3O3.ClH/c1-12(18)16(21)20-15(13-6-3-2-4-7-13)11-23-17(22)14-8-5-9-19-10-14;/h2-10,12,15H,11,18H2,1H3,(H,20,21);1H/t12?,15-;/m1./s1. The van der Waals surface area contributed by atoms with Crippen molar-refractivity contribution in [3.8, 4) is 0 Å². The molecular formula is C17H20ClN3O3. The van der Waals surface area contributed by atoms with Crippen LogP contribution in [0.3, 0.4) is 0 Å². The molecule has 1 amide bonds. The number of hydrogen-bond acceptors (Lipinski definition) is 5. The number of nitrogens with two attached hydrogens (primary N) is 1. The van der Waals surface area contributed by atoms with E-state index < -0.39 is 18.1 Å². The molecule has 1 aromatic carbocycles. The van der Waals surface area contributed by atoms with E-state index in [1.165, 1.54) is 6.20 Å². The molecule has 1 heterocycles. The van der Waals surface area contributed by atoms with Crippen LogP contribution >= 0.6 is 12.4 Å². The third kappa shape index (κ3) is 5.64. The molecule has 0 aliphatic heterocycles. The average Bonchev–Trinajstić information content (AvgIpc) is 2.59. The van der Waals surface area contributed by atoms with Crippen molar-refractivity contribution in [2.24, 2.45) is 5.73 Å². The van der Waals surface area contributed by atoms with Crippen LogP contribution in [0.1, 0.15) is 28.9 Å². The number of nitrogens with zero attached hydrogens (tertiary/aromatic N) is 1. The number of rotatable bonds is 6. The van der Waals surface area contributed by atoms with Gasteiger partial charge in [0.2, 0.25) is 5.91 Å². The van der Waals surface area contributed by atoms with E-state index in [0.717, 1.165) is 5.56 Å². The fourth-order valence-electron chi connectivity index (χ4n) is 1.94. The van der Waals surface area contributed by atoms with Gasteiger partial charge in [-0.15, -0.1) is 12.4 Å². The summed E-state index contributed by atoms with van der Waals surface area (Å²) in [4.78, 5) is 27.7. The van der Waals surface area contributed by atoms with Crippen molar-refractivity contribution in [3.05, 3.63) is 66.0 Å². The highest BCUT2D eigenvalue weighted by atomic mass is 35.5. The molecule has 24 heavy (non-hydrogen) atoms. The van der Waals surface area contributed by atoms with E-state index in [1.807, 2.05) is 30.3 Å². The van der Waals surface area contributed by atoms with Gasteiger partial charge in [0, 0.05) is 12.4 Å². The number of nitrogens with one attached hydrogen (secondary N) is 1. The van der Waals surface area contributed by atoms with Gasteiger partial charge in [0.25, 0.3) is 0 Å². The maximum Gasteiger partial charge on any atom is 0.339 e. The van der Waals surface area contributed by atoms with Crippen LogP contribution in [-0.4, -0.2) is 29.5 Å². The summed E-state index contributed by atoms with van der Waals surface area (Å²) in [6.45, 7) is 1.61. The zero-order valence-electron chi connectivity index (χ0n) is 13.2. The van der Waals surface area contributed by atoms with Crippen LogP contribution in [0.15, 0.2) is 54.9 Å². The molecule has 2 rings (SSSR count). The summed E-state index contributed by atoms with van der Waals surface area (Å²) in [5.74, 6) is -0.801. The monoisotopic (exact) mass is 349 g/mol. The molecule has 0 radical (unpaired) electrons. The Morgan fingerprint density at radius 3 is 2.50 bits per heavy atom. The largest absolute Gasteiger partial charge is 0.459 e. The Hall–Kier alpha value is -2.44. The maximum absolute atomic E-state index is 12.0. The second kappa shape index (κ2) is 9.64. The first-order chi connectivity index (χ1) is 11.1. The fraction of sp³-hybridized carbons (Fsp3) is 0.235. The Balaban J connectivity index is 0.00000288. The lowest BCUT2D eigenvalue weighted by atomic mass is 10.1. The van der Waals surface area contributed by atoms with Crippen LogP contribution in [0, 0.1) is 0 Å². The number of carbonyl (C=O) groups is 2. The van der Waals surface area contributed by atoms with Crippen molar-refractivity contribution in [1.82, 2.24) is 10.3 Å². The minimum atomic E-state index is -0.643. The van der Waals surface area contributed by atoms with Crippen LogP contribution in [0.25, 0.3) is 0 Å². The summed E-state index contributed by atoms with van der Waals surface area (Å²) < 4.78 is 5.29. The van der Waals surface area contributed by atoms with Gasteiger partial charge in [-0.25, -0.2) is 4.79 Å². The third-order valence-electron chi connectivity index (χ3n) is 3.21. The predicted molar refractivity (Wildman–Crippen MR) is 92.7 cm³/mol. The van der Waals surface area contributed by atoms with Gasteiger partial charge >= 0.3 is 5.97 Å². The number of aromatic nitrogens is 1. The van der Waals surface area contributed by atoms with Gasteiger partial charge in [-0.3, -0.25) is 9.78 Å². The van der Waals surface area contributed by atoms with Gasteiger partial charge < -0.3 is 15.8 Å². The van der Waals surface area contributed by atoms with Crippen molar-refractivity contribution in [2.75, 3.05) is 6.61 Å². The van der Waals surface area contributed by atoms with Crippen LogP contribution < -0.4 is 11.1 Å². The second-order valence-electron chi connectivity index (χ2n) is 5.10. The van der Waals surface area contributed by atoms with E-state index in [2.05, 4.69) is 10.3 Å². The van der Waals surface area contributed by atoms with E-state index in [-0.39, 0.29) is 24.9 Å². The Kier molecular flexibility index (Phi) is 7.88. The first-order valence-corrected chi connectivity index (χ1v) is 7.26. The normalized spacial score (nSPS) is 12.4. The number of amides is 1. The summed E-state index contributed by atoms with van der Waals surface area (Å²) >= 11 is 0. The fourth-order valence-corrected chi connectivity index (χ4v) is 1.94. The van der Waals surface area contributed by atoms with Gasteiger partial charge in [0.1, 0.15) is 6.61 Å². The SMILES string of the molecule is CC(N)C(=O)N[C@H](COC(=O)c1cccnc1)c1ccccc1.Cl. The molecule has 2 atom stereocenters. The smallest absolute Gasteiger partial charge is 0.339 e. The lowest BCUT2D eigenvalue weighted by molar-refractivity contribution is -0.123. The molecule has 0 saturated heterocycles. The predicted octanol–water partition coefficient (Wildman–Crippen LogP) is 1.86. The molecule has 0 aliphatic carbocycles. The number of ether oxygens (including phenoxy) is 1. The van der Waals surface area contributed by atoms with Gasteiger partial charge in [-0.1, -0.05) is 30.3 Å². The molecule has 1 aromatic heterocycles. The molecule has 0 saturated carbocycles. The molecule has 6 nitrogen and oxygen atoms in total. The zero-order chi connectivity index (χ0) is 16.7. The summed E-state index contributed by atoms with van der Waals surface area (Å²) in [6.07, 6.45) is 3.01. The second-order valence-corrected chi connectivity index (χ2v) is 5.10. The molecule has 0 bridgehead atoms. The van der Waals surface area contributed by atoms with Crippen molar-refractivity contribution in [1.29, 1.82) is 0 Å². The number of esters is 1. The molecule has 2 aromatic rings. The van der Waals surface area contributed by atoms with E-state index in [0.29, 0.717) is 5.56 Å². The molecule has 128 valence electrons. The molecule has 3 N–H and O–H groups in total. The summed E-state index contributed by atoms with van der Waals surface area (Å²) in [6, 6.07) is 11.4. The van der Waals surface area contributed by atoms with Crippen molar-refractivity contribution in [2.45, 2.75) is 19.0 Å². The maximum atomic E-state index is 12.0. The van der Waals surface area contributed by atoms with E-state index in [4.69, 9.17) is 10.5 Å². The topological polar surface area (TPSA) is 94.3 Å². The number of pyridine rings is 1. The Bertz CT molecular complexity index is 651. The van der Waals surface area contributed by atoms with Crippen molar-refractivity contribution < 1.29 is 14.3 Å². The summed E-state index contributed by atoms with van der Waals surface area (Å²) in [5, 5.41) is 2.78. The third-order valence-corrected chi connectivity index (χ3v) is 3.21. The number of benzene rings is 1. The molecular weight excluding hydrogens is 330 g/mol. The quantitative estimate of drug-likeness (QED) is 0.776. The first kappa shape index (κ1) is 19.6. The number of carbonyl (C=O) groups excluding carboxylic acids is 2. The van der Waals surface area contributed by atoms with E-state index in [1.54, 1.807) is 25.3 Å². The lowest BCUT2D eigenvalue weighted by Gasteiger charge is -2.20. The first-order valence-electron chi connectivity index (χ1n) is 7.26. The van der Waals surface area contributed by atoms with Gasteiger partial charge in [0.15, 0.2) is 0 Å². The summed E-state index contributed by atoms with van der Waals surface area (Å²) in [5.41, 5.74) is 6.77. The molecule has 1 unspecified atom stereocenters. The minimum absolute atomic E-state index is 0. The van der Waals surface area contributed by atoms with Crippen molar-refractivity contribution >= 4 is 24.3 Å². The molecule has 0 aliphatic rings. The Morgan fingerprint density at radius 1 is 1.21 bits per heavy atom. The van der Waals surface area contributed by atoms with Crippen molar-refractivity contribution in [3.63, 3.8) is 0 Å². The zero-order valence-corrected chi connectivity index (χ0v) is 14.0. The molecule has 7 heteroatoms. The van der Waals surface area contributed by atoms with Crippen LogP contribution in [-0.2, 0) is 9.53 Å². The van der Waals surface area contributed by atoms with Gasteiger partial charge in [-0.2, -0.15) is 0 Å². The summed E-state index contributed by atoms with van der Waals surface area (Å²) in [7, 11) is 0. The van der Waals surface area contributed by atoms with E-state index >= 15 is 0 Å². The Labute approximate surface area is 146 Å². The minimum Gasteiger partial charge on any atom is -0.459 e. The highest BCUT2D eigenvalue weighted by Crippen LogP contribution is 2.14. The highest BCUT2D eigenvalue weighted by Gasteiger charge is 2.19. The van der Waals surface area contributed by atoms with Gasteiger partial charge in [0.05, 0.1) is 17.6 Å². The number of hydrogen-bond donors (Lipinski definition) is 2.